The first-order valence-electron chi connectivity index (χ1n) is 11.6. The van der Waals surface area contributed by atoms with Crippen LogP contribution in [0.2, 0.25) is 0 Å². The summed E-state index contributed by atoms with van der Waals surface area (Å²) < 4.78 is 1.48. The van der Waals surface area contributed by atoms with Gasteiger partial charge in [-0.3, -0.25) is 9.48 Å². The summed E-state index contributed by atoms with van der Waals surface area (Å²) in [6.45, 7) is 2.93. The van der Waals surface area contributed by atoms with E-state index in [4.69, 9.17) is 5.11 Å². The second-order valence-corrected chi connectivity index (χ2v) is 8.97. The van der Waals surface area contributed by atoms with Crippen molar-refractivity contribution in [3.05, 3.63) is 59.4 Å². The van der Waals surface area contributed by atoms with Gasteiger partial charge in [-0.25, -0.2) is 0 Å². The van der Waals surface area contributed by atoms with Crippen molar-refractivity contribution in [2.45, 2.75) is 76.7 Å². The molecule has 6 nitrogen and oxygen atoms in total. The van der Waals surface area contributed by atoms with Gasteiger partial charge in [0.15, 0.2) is 0 Å². The Morgan fingerprint density at radius 2 is 1.74 bits per heavy atom. The van der Waals surface area contributed by atoms with E-state index in [9.17, 15) is 4.79 Å². The summed E-state index contributed by atoms with van der Waals surface area (Å²) in [5.41, 5.74) is 3.92. The highest BCUT2D eigenvalue weighted by Gasteiger charge is 2.40. The fraction of sp³-hybridized carbons (Fsp3) is 0.520. The Balaban J connectivity index is 0.00000289. The molecule has 35 heavy (non-hydrogen) atoms. The van der Waals surface area contributed by atoms with Gasteiger partial charge in [-0.1, -0.05) is 48.9 Å². The predicted molar refractivity (Wildman–Crippen MR) is 151 cm³/mol. The first kappa shape index (κ1) is 33.7. The van der Waals surface area contributed by atoms with E-state index in [1.165, 1.54) is 42.3 Å². The summed E-state index contributed by atoms with van der Waals surface area (Å²) in [6, 6.07) is 12.5. The van der Waals surface area contributed by atoms with Crippen molar-refractivity contribution in [1.29, 1.82) is 0 Å². The summed E-state index contributed by atoms with van der Waals surface area (Å²) in [5, 5.41) is 20.5. The highest BCUT2D eigenvalue weighted by Crippen LogP contribution is 2.40. The number of rotatable bonds is 10. The van der Waals surface area contributed by atoms with Crippen LogP contribution in [0.3, 0.4) is 0 Å². The van der Waals surface area contributed by atoms with Crippen molar-refractivity contribution < 1.29 is 9.90 Å². The number of carboxylic acid groups (broad SMARTS) is 1. The number of hydrogen-bond donors (Lipinski definition) is 3. The predicted octanol–water partition coefficient (Wildman–Crippen LogP) is 5.53. The quantitative estimate of drug-likeness (QED) is 0.352. The fourth-order valence-corrected chi connectivity index (χ4v) is 4.78. The van der Waals surface area contributed by atoms with Gasteiger partial charge in [0.25, 0.3) is 0 Å². The molecule has 3 N–H and O–H groups in total. The Labute approximate surface area is 233 Å². The van der Waals surface area contributed by atoms with Crippen LogP contribution >= 0.6 is 49.6 Å². The van der Waals surface area contributed by atoms with Crippen LogP contribution in [0.5, 0.6) is 0 Å². The molecule has 2 aromatic rings. The van der Waals surface area contributed by atoms with Gasteiger partial charge < -0.3 is 15.7 Å². The maximum absolute atomic E-state index is 10.8. The van der Waals surface area contributed by atoms with E-state index in [0.717, 1.165) is 18.5 Å². The molecule has 1 heterocycles. The SMILES string of the molecule is CCC(=Cc1ccccc1)C1C[C@@H]1NC1CCC(NCc2cnn(CC(=O)O)c2)CC1.Cl.Cl.Cl.Cl. The summed E-state index contributed by atoms with van der Waals surface area (Å²) in [7, 11) is 0. The van der Waals surface area contributed by atoms with E-state index in [1.807, 2.05) is 6.20 Å². The van der Waals surface area contributed by atoms with Crippen molar-refractivity contribution >= 4 is 61.7 Å². The van der Waals surface area contributed by atoms with Crippen LogP contribution in [0.1, 0.15) is 56.6 Å². The Bertz CT molecular complexity index is 902. The molecule has 1 aromatic heterocycles. The second kappa shape index (κ2) is 16.5. The zero-order valence-electron chi connectivity index (χ0n) is 20.0. The third-order valence-electron chi connectivity index (χ3n) is 6.58. The minimum Gasteiger partial charge on any atom is -0.480 e. The number of nitrogens with zero attached hydrogens (tertiary/aromatic N) is 2. The maximum Gasteiger partial charge on any atom is 0.325 e. The summed E-state index contributed by atoms with van der Waals surface area (Å²) in [6.07, 6.45) is 13.1. The van der Waals surface area contributed by atoms with Crippen molar-refractivity contribution in [2.24, 2.45) is 5.92 Å². The first-order valence-corrected chi connectivity index (χ1v) is 11.6. The molecule has 1 aromatic carbocycles. The molecule has 0 aliphatic heterocycles. The minimum atomic E-state index is -0.868. The summed E-state index contributed by atoms with van der Waals surface area (Å²) in [5.74, 6) is -0.170. The van der Waals surface area contributed by atoms with E-state index in [1.54, 1.807) is 11.8 Å². The molecule has 0 amide bonds. The topological polar surface area (TPSA) is 79.2 Å². The van der Waals surface area contributed by atoms with E-state index >= 15 is 0 Å². The van der Waals surface area contributed by atoms with Crippen LogP contribution in [0, 0.1) is 5.92 Å². The van der Waals surface area contributed by atoms with Crippen LogP contribution in [-0.4, -0.2) is 39.0 Å². The van der Waals surface area contributed by atoms with Crippen molar-refractivity contribution in [3.8, 4) is 0 Å². The number of halogens is 4. The van der Waals surface area contributed by atoms with E-state index in [2.05, 4.69) is 59.1 Å². The highest BCUT2D eigenvalue weighted by atomic mass is 35.5. The van der Waals surface area contributed by atoms with Crippen LogP contribution in [0.4, 0.5) is 0 Å². The van der Waals surface area contributed by atoms with Gasteiger partial charge in [0.05, 0.1) is 6.20 Å². The fourth-order valence-electron chi connectivity index (χ4n) is 4.78. The lowest BCUT2D eigenvalue weighted by molar-refractivity contribution is -0.137. The molecule has 1 unspecified atom stereocenters. The number of carboxylic acids is 1. The highest BCUT2D eigenvalue weighted by molar-refractivity contribution is 5.86. The normalized spacial score (nSPS) is 23.1. The van der Waals surface area contributed by atoms with Gasteiger partial charge in [0.2, 0.25) is 0 Å². The van der Waals surface area contributed by atoms with Crippen LogP contribution in [-0.2, 0) is 17.9 Å². The first-order chi connectivity index (χ1) is 15.1. The van der Waals surface area contributed by atoms with Crippen molar-refractivity contribution in [1.82, 2.24) is 20.4 Å². The minimum absolute atomic E-state index is 0. The lowest BCUT2D eigenvalue weighted by atomic mass is 9.91. The van der Waals surface area contributed by atoms with Gasteiger partial charge >= 0.3 is 5.97 Å². The monoisotopic (exact) mass is 566 g/mol. The standard InChI is InChI=1S/C25H34N4O2.4ClH/c1-2-20(12-18-6-4-3-5-7-18)23-13-24(23)28-22-10-8-21(9-11-22)26-14-19-15-27-29(16-19)17-25(30)31;;;;/h3-7,12,15-16,21-24,26,28H,2,8-11,13-14,17H2,1H3,(H,30,31);4*1H/t21?,22?,23?,24-;;;;/m0..../s1. The number of benzene rings is 1. The molecule has 0 spiro atoms. The molecule has 0 radical (unpaired) electrons. The molecule has 2 aliphatic carbocycles. The molecule has 2 saturated carbocycles. The molecule has 0 saturated heterocycles. The van der Waals surface area contributed by atoms with Gasteiger partial charge in [-0.05, 0) is 50.0 Å². The molecular formula is C25H38Cl4N4O2. The molecule has 2 atom stereocenters. The number of nitrogens with one attached hydrogen (secondary N) is 2. The summed E-state index contributed by atoms with van der Waals surface area (Å²) >= 11 is 0. The third-order valence-corrected chi connectivity index (χ3v) is 6.58. The number of aliphatic carboxylic acids is 1. The van der Waals surface area contributed by atoms with E-state index in [0.29, 0.717) is 24.0 Å². The average Bonchev–Trinajstić information content (AvgIpc) is 3.39. The van der Waals surface area contributed by atoms with Crippen LogP contribution in [0.15, 0.2) is 48.3 Å². The third kappa shape index (κ3) is 10.3. The number of carbonyl (C=O) groups is 1. The molecule has 4 rings (SSSR count). The van der Waals surface area contributed by atoms with Crippen molar-refractivity contribution in [2.75, 3.05) is 0 Å². The van der Waals surface area contributed by atoms with Gasteiger partial charge in [-0.2, -0.15) is 5.10 Å². The Hall–Kier alpha value is -1.28. The van der Waals surface area contributed by atoms with Crippen LogP contribution in [0.25, 0.3) is 6.08 Å². The largest absolute Gasteiger partial charge is 0.480 e. The molecular weight excluding hydrogens is 530 g/mol. The van der Waals surface area contributed by atoms with E-state index < -0.39 is 5.97 Å². The number of aromatic nitrogens is 2. The second-order valence-electron chi connectivity index (χ2n) is 8.97. The number of hydrogen-bond acceptors (Lipinski definition) is 4. The molecule has 0 bridgehead atoms. The Morgan fingerprint density at radius 3 is 2.37 bits per heavy atom. The molecule has 2 fully saturated rings. The molecule has 198 valence electrons. The van der Waals surface area contributed by atoms with Crippen LogP contribution < -0.4 is 10.6 Å². The lowest BCUT2D eigenvalue weighted by Gasteiger charge is -2.30. The zero-order valence-corrected chi connectivity index (χ0v) is 23.2. The van der Waals surface area contributed by atoms with Gasteiger partial charge in [0.1, 0.15) is 6.54 Å². The Kier molecular flexibility index (Phi) is 15.9. The maximum atomic E-state index is 10.8. The zero-order chi connectivity index (χ0) is 21.6. The lowest BCUT2D eigenvalue weighted by Crippen LogP contribution is -2.40. The van der Waals surface area contributed by atoms with Crippen molar-refractivity contribution in [3.63, 3.8) is 0 Å². The molecule has 10 heteroatoms. The smallest absolute Gasteiger partial charge is 0.325 e. The van der Waals surface area contributed by atoms with Gasteiger partial charge in [0, 0.05) is 36.4 Å². The molecule has 2 aliphatic rings. The Morgan fingerprint density at radius 1 is 1.09 bits per heavy atom. The van der Waals surface area contributed by atoms with E-state index in [-0.39, 0.29) is 56.2 Å². The summed E-state index contributed by atoms with van der Waals surface area (Å²) in [4.78, 5) is 10.8. The average molecular weight is 568 g/mol. The van der Waals surface area contributed by atoms with Gasteiger partial charge in [-0.15, -0.1) is 49.6 Å².